The van der Waals surface area contributed by atoms with Crippen LogP contribution < -0.4 is 0 Å². The van der Waals surface area contributed by atoms with Crippen LogP contribution in [0.15, 0.2) is 18.6 Å². The van der Waals surface area contributed by atoms with Gasteiger partial charge in [-0.3, -0.25) is 14.8 Å². The number of likely N-dealkylation sites (tertiary alicyclic amines) is 1. The summed E-state index contributed by atoms with van der Waals surface area (Å²) in [6.07, 6.45) is 8.43. The van der Waals surface area contributed by atoms with Gasteiger partial charge in [-0.15, -0.1) is 0 Å². The minimum Gasteiger partial charge on any atom is -0.343 e. The fraction of sp³-hybridized carbons (Fsp3) is 0.583. The molecule has 4 nitrogen and oxygen atoms in total. The van der Waals surface area contributed by atoms with Gasteiger partial charge in [0.25, 0.3) is 0 Å². The van der Waals surface area contributed by atoms with Crippen molar-refractivity contribution in [2.45, 2.75) is 26.2 Å². The highest BCUT2D eigenvalue weighted by atomic mass is 16.2. The minimum absolute atomic E-state index is 0.184. The number of amides is 1. The lowest BCUT2D eigenvalue weighted by Crippen LogP contribution is -2.39. The van der Waals surface area contributed by atoms with Gasteiger partial charge in [0, 0.05) is 38.6 Å². The summed E-state index contributed by atoms with van der Waals surface area (Å²) >= 11 is 0. The number of piperidine rings is 1. The van der Waals surface area contributed by atoms with Crippen LogP contribution in [0.25, 0.3) is 0 Å². The Balaban J connectivity index is 1.93. The average Bonchev–Trinajstić information content (AvgIpc) is 2.30. The predicted octanol–water partition coefficient (Wildman–Crippen LogP) is 1.28. The van der Waals surface area contributed by atoms with Crippen molar-refractivity contribution in [1.29, 1.82) is 0 Å². The van der Waals surface area contributed by atoms with Crippen molar-refractivity contribution in [2.75, 3.05) is 13.1 Å². The van der Waals surface area contributed by atoms with Crippen molar-refractivity contribution < 1.29 is 4.79 Å². The molecule has 1 atom stereocenters. The highest BCUT2D eigenvalue weighted by molar-refractivity contribution is 5.73. The topological polar surface area (TPSA) is 46.1 Å². The van der Waals surface area contributed by atoms with Crippen LogP contribution in [0, 0.1) is 5.92 Å². The summed E-state index contributed by atoms with van der Waals surface area (Å²) in [6.45, 7) is 3.42. The summed E-state index contributed by atoms with van der Waals surface area (Å²) in [5.41, 5.74) is 1.03. The number of nitrogens with zero attached hydrogens (tertiary/aromatic N) is 3. The maximum Gasteiger partial charge on any atom is 0.219 e. The second-order valence-electron chi connectivity index (χ2n) is 4.37. The van der Waals surface area contributed by atoms with Gasteiger partial charge in [-0.25, -0.2) is 0 Å². The van der Waals surface area contributed by atoms with E-state index in [0.717, 1.165) is 31.6 Å². The van der Waals surface area contributed by atoms with Crippen LogP contribution in [0.2, 0.25) is 0 Å². The molecule has 0 N–H and O–H groups in total. The summed E-state index contributed by atoms with van der Waals surface area (Å²) in [5.74, 6) is 0.721. The Morgan fingerprint density at radius 1 is 1.56 bits per heavy atom. The van der Waals surface area contributed by atoms with E-state index in [2.05, 4.69) is 9.97 Å². The molecule has 1 aromatic rings. The van der Waals surface area contributed by atoms with Gasteiger partial charge in [0.15, 0.2) is 0 Å². The Kier molecular flexibility index (Phi) is 3.49. The van der Waals surface area contributed by atoms with Crippen molar-refractivity contribution in [2.24, 2.45) is 5.92 Å². The van der Waals surface area contributed by atoms with Crippen LogP contribution in [0.5, 0.6) is 0 Å². The summed E-state index contributed by atoms with van der Waals surface area (Å²) in [6, 6.07) is 0. The van der Waals surface area contributed by atoms with Crippen molar-refractivity contribution >= 4 is 5.91 Å². The Morgan fingerprint density at radius 3 is 3.12 bits per heavy atom. The number of rotatable bonds is 2. The molecule has 1 aliphatic rings. The van der Waals surface area contributed by atoms with Gasteiger partial charge in [-0.2, -0.15) is 0 Å². The number of carbonyl (C=O) groups is 1. The first-order valence-electron chi connectivity index (χ1n) is 5.76. The summed E-state index contributed by atoms with van der Waals surface area (Å²) in [5, 5.41) is 0. The monoisotopic (exact) mass is 219 g/mol. The average molecular weight is 219 g/mol. The van der Waals surface area contributed by atoms with E-state index in [1.54, 1.807) is 19.3 Å². The first-order valence-corrected chi connectivity index (χ1v) is 5.76. The van der Waals surface area contributed by atoms with Gasteiger partial charge >= 0.3 is 0 Å². The van der Waals surface area contributed by atoms with E-state index in [0.29, 0.717) is 5.92 Å². The van der Waals surface area contributed by atoms with Crippen molar-refractivity contribution in [3.63, 3.8) is 0 Å². The molecule has 1 aliphatic heterocycles. The quantitative estimate of drug-likeness (QED) is 0.752. The zero-order valence-electron chi connectivity index (χ0n) is 9.59. The van der Waals surface area contributed by atoms with Crippen LogP contribution >= 0.6 is 0 Å². The van der Waals surface area contributed by atoms with E-state index in [1.165, 1.54) is 6.42 Å². The van der Waals surface area contributed by atoms with Gasteiger partial charge in [0.1, 0.15) is 0 Å². The smallest absolute Gasteiger partial charge is 0.219 e. The number of carbonyl (C=O) groups excluding carboxylic acids is 1. The van der Waals surface area contributed by atoms with Gasteiger partial charge in [0.2, 0.25) is 5.91 Å². The zero-order valence-corrected chi connectivity index (χ0v) is 9.59. The molecule has 0 saturated carbocycles. The summed E-state index contributed by atoms with van der Waals surface area (Å²) < 4.78 is 0. The van der Waals surface area contributed by atoms with Crippen LogP contribution in [-0.2, 0) is 11.2 Å². The predicted molar refractivity (Wildman–Crippen MR) is 60.7 cm³/mol. The van der Waals surface area contributed by atoms with Gasteiger partial charge in [-0.05, 0) is 25.2 Å². The molecular weight excluding hydrogens is 202 g/mol. The summed E-state index contributed by atoms with van der Waals surface area (Å²) in [7, 11) is 0. The van der Waals surface area contributed by atoms with E-state index < -0.39 is 0 Å². The van der Waals surface area contributed by atoms with Gasteiger partial charge in [0.05, 0.1) is 5.69 Å². The lowest BCUT2D eigenvalue weighted by atomic mass is 9.93. The molecule has 86 valence electrons. The maximum atomic E-state index is 11.3. The first kappa shape index (κ1) is 11.0. The third kappa shape index (κ3) is 2.78. The Bertz CT molecular complexity index is 353. The molecule has 4 heteroatoms. The molecule has 1 amide bonds. The molecular formula is C12H17N3O. The molecule has 0 aromatic carbocycles. The van der Waals surface area contributed by atoms with E-state index in [-0.39, 0.29) is 5.91 Å². The molecule has 1 saturated heterocycles. The Labute approximate surface area is 95.7 Å². The molecule has 0 aliphatic carbocycles. The third-order valence-electron chi connectivity index (χ3n) is 3.08. The van der Waals surface area contributed by atoms with Gasteiger partial charge in [-0.1, -0.05) is 0 Å². The van der Waals surface area contributed by atoms with Gasteiger partial charge < -0.3 is 4.90 Å². The number of aromatic nitrogens is 2. The van der Waals surface area contributed by atoms with E-state index in [1.807, 2.05) is 11.1 Å². The van der Waals surface area contributed by atoms with E-state index >= 15 is 0 Å². The summed E-state index contributed by atoms with van der Waals surface area (Å²) in [4.78, 5) is 21.6. The lowest BCUT2D eigenvalue weighted by Gasteiger charge is -2.31. The SMILES string of the molecule is CC(=O)N1CCC[C@H](Cc2cnccn2)C1. The zero-order chi connectivity index (χ0) is 11.4. The molecule has 1 fully saturated rings. The fourth-order valence-electron chi connectivity index (χ4n) is 2.25. The van der Waals surface area contributed by atoms with Crippen LogP contribution in [0.1, 0.15) is 25.5 Å². The molecule has 0 spiro atoms. The second-order valence-corrected chi connectivity index (χ2v) is 4.37. The van der Waals surface area contributed by atoms with Crippen molar-refractivity contribution in [3.8, 4) is 0 Å². The lowest BCUT2D eigenvalue weighted by molar-refractivity contribution is -0.130. The molecule has 2 rings (SSSR count). The largest absolute Gasteiger partial charge is 0.343 e. The van der Waals surface area contributed by atoms with Crippen molar-refractivity contribution in [3.05, 3.63) is 24.3 Å². The third-order valence-corrected chi connectivity index (χ3v) is 3.08. The second kappa shape index (κ2) is 5.05. The molecule has 0 bridgehead atoms. The van der Waals surface area contributed by atoms with E-state index in [4.69, 9.17) is 0 Å². The Morgan fingerprint density at radius 2 is 2.44 bits per heavy atom. The fourth-order valence-corrected chi connectivity index (χ4v) is 2.25. The molecule has 2 heterocycles. The highest BCUT2D eigenvalue weighted by Crippen LogP contribution is 2.19. The molecule has 16 heavy (non-hydrogen) atoms. The Hall–Kier alpha value is -1.45. The van der Waals surface area contributed by atoms with E-state index in [9.17, 15) is 4.79 Å². The van der Waals surface area contributed by atoms with Crippen LogP contribution in [0.4, 0.5) is 0 Å². The minimum atomic E-state index is 0.184. The van der Waals surface area contributed by atoms with Crippen LogP contribution in [-0.4, -0.2) is 33.9 Å². The standard InChI is InChI=1S/C12H17N3O/c1-10(16)15-6-2-3-11(9-15)7-12-8-13-4-5-14-12/h4-5,8,11H,2-3,6-7,9H2,1H3/t11-/m1/s1. The van der Waals surface area contributed by atoms with Crippen LogP contribution in [0.3, 0.4) is 0 Å². The maximum absolute atomic E-state index is 11.3. The van der Waals surface area contributed by atoms with Crippen molar-refractivity contribution in [1.82, 2.24) is 14.9 Å². The molecule has 1 aromatic heterocycles. The first-order chi connectivity index (χ1) is 7.75. The number of hydrogen-bond donors (Lipinski definition) is 0. The molecule has 0 unspecified atom stereocenters. The number of hydrogen-bond acceptors (Lipinski definition) is 3. The normalized spacial score (nSPS) is 20.8. The highest BCUT2D eigenvalue weighted by Gasteiger charge is 2.21. The molecule has 0 radical (unpaired) electrons.